The van der Waals surface area contributed by atoms with Crippen LogP contribution in [0.1, 0.15) is 70.6 Å². The summed E-state index contributed by atoms with van der Waals surface area (Å²) in [6, 6.07) is 33.0. The summed E-state index contributed by atoms with van der Waals surface area (Å²) in [6.07, 6.45) is 2.21. The summed E-state index contributed by atoms with van der Waals surface area (Å²) >= 11 is 0. The molecule has 0 aliphatic heterocycles. The van der Waals surface area contributed by atoms with Gasteiger partial charge in [0.25, 0.3) is 0 Å². The summed E-state index contributed by atoms with van der Waals surface area (Å²) < 4.78 is 0. The highest BCUT2D eigenvalue weighted by Gasteiger charge is 2.36. The maximum atomic E-state index is 2.43. The van der Waals surface area contributed by atoms with Crippen molar-refractivity contribution in [3.05, 3.63) is 108 Å². The third kappa shape index (κ3) is 6.32. The Morgan fingerprint density at radius 1 is 0.621 bits per heavy atom. The van der Waals surface area contributed by atoms with E-state index in [4.69, 9.17) is 0 Å². The molecular weight excluding hydrogens is 348 g/mol. The zero-order valence-corrected chi connectivity index (χ0v) is 19.2. The van der Waals surface area contributed by atoms with Crippen LogP contribution in [-0.4, -0.2) is 0 Å². The molecule has 0 aliphatic rings. The molecular formula is C29H38. The second-order valence-corrected chi connectivity index (χ2v) is 9.07. The van der Waals surface area contributed by atoms with Gasteiger partial charge in [0.15, 0.2) is 0 Å². The van der Waals surface area contributed by atoms with E-state index in [1.807, 2.05) is 13.8 Å². The van der Waals surface area contributed by atoms with Gasteiger partial charge in [-0.1, -0.05) is 133 Å². The van der Waals surface area contributed by atoms with Crippen molar-refractivity contribution in [2.45, 2.75) is 65.7 Å². The molecule has 0 aliphatic carbocycles. The molecule has 0 radical (unpaired) electrons. The summed E-state index contributed by atoms with van der Waals surface area (Å²) in [4.78, 5) is 0. The van der Waals surface area contributed by atoms with Gasteiger partial charge in [0.1, 0.15) is 0 Å². The average Bonchev–Trinajstić information content (AvgIpc) is 2.75. The molecule has 29 heavy (non-hydrogen) atoms. The normalized spacial score (nSPS) is 12.6. The summed E-state index contributed by atoms with van der Waals surface area (Å²) in [6.45, 7) is 13.6. The molecule has 1 unspecified atom stereocenters. The Hall–Kier alpha value is -2.34. The first-order chi connectivity index (χ1) is 13.9. The van der Waals surface area contributed by atoms with Crippen LogP contribution in [-0.2, 0) is 11.8 Å². The van der Waals surface area contributed by atoms with Crippen LogP contribution in [0.2, 0.25) is 0 Å². The molecule has 0 spiro atoms. The first-order valence-corrected chi connectivity index (χ1v) is 11.0. The van der Waals surface area contributed by atoms with E-state index in [0.29, 0.717) is 5.92 Å². The van der Waals surface area contributed by atoms with Gasteiger partial charge in [-0.15, -0.1) is 0 Å². The third-order valence-electron chi connectivity index (χ3n) is 5.92. The van der Waals surface area contributed by atoms with Crippen LogP contribution in [0.5, 0.6) is 0 Å². The van der Waals surface area contributed by atoms with E-state index in [1.54, 1.807) is 0 Å². The van der Waals surface area contributed by atoms with Crippen LogP contribution in [0.4, 0.5) is 0 Å². The predicted molar refractivity (Wildman–Crippen MR) is 129 cm³/mol. The summed E-state index contributed by atoms with van der Waals surface area (Å²) in [5.74, 6) is 0.481. The maximum Gasteiger partial charge on any atom is -0.00975 e. The smallest absolute Gasteiger partial charge is 0.00975 e. The van der Waals surface area contributed by atoms with E-state index in [-0.39, 0.29) is 10.8 Å². The first-order valence-electron chi connectivity index (χ1n) is 11.0. The SMILES string of the molecule is CC.CC(C)(CC(c1ccccc1)C(C)(C)Cc1ccccc1)c1ccccc1. The van der Waals surface area contributed by atoms with Gasteiger partial charge in [0.2, 0.25) is 0 Å². The molecule has 0 bridgehead atoms. The van der Waals surface area contributed by atoms with Gasteiger partial charge in [-0.25, -0.2) is 0 Å². The number of hydrogen-bond acceptors (Lipinski definition) is 0. The molecule has 0 saturated heterocycles. The highest BCUT2D eigenvalue weighted by molar-refractivity contribution is 5.29. The van der Waals surface area contributed by atoms with Gasteiger partial charge in [0, 0.05) is 0 Å². The van der Waals surface area contributed by atoms with Crippen molar-refractivity contribution < 1.29 is 0 Å². The monoisotopic (exact) mass is 386 g/mol. The van der Waals surface area contributed by atoms with Crippen LogP contribution in [0, 0.1) is 5.41 Å². The predicted octanol–water partition coefficient (Wildman–Crippen LogP) is 8.43. The number of hydrogen-bond donors (Lipinski definition) is 0. The fourth-order valence-corrected chi connectivity index (χ4v) is 4.29. The zero-order chi connectivity index (χ0) is 21.3. The minimum atomic E-state index is 0.121. The van der Waals surface area contributed by atoms with Crippen LogP contribution in [0.25, 0.3) is 0 Å². The highest BCUT2D eigenvalue weighted by atomic mass is 14.4. The molecule has 154 valence electrons. The molecule has 0 heterocycles. The molecule has 1 atom stereocenters. The number of rotatable bonds is 7. The van der Waals surface area contributed by atoms with Crippen molar-refractivity contribution in [2.75, 3.05) is 0 Å². The first kappa shape index (κ1) is 22.9. The minimum Gasteiger partial charge on any atom is -0.0683 e. The molecule has 3 aromatic rings. The topological polar surface area (TPSA) is 0 Å². The van der Waals surface area contributed by atoms with Gasteiger partial charge in [-0.05, 0) is 46.3 Å². The maximum absolute atomic E-state index is 2.43. The fourth-order valence-electron chi connectivity index (χ4n) is 4.29. The van der Waals surface area contributed by atoms with E-state index in [2.05, 4.69) is 119 Å². The lowest BCUT2D eigenvalue weighted by Crippen LogP contribution is -2.31. The Bertz CT molecular complexity index is 814. The largest absolute Gasteiger partial charge is 0.0683 e. The molecule has 0 fully saturated rings. The third-order valence-corrected chi connectivity index (χ3v) is 5.92. The molecule has 0 aromatic heterocycles. The molecule has 3 aromatic carbocycles. The molecule has 0 heteroatoms. The Balaban J connectivity index is 0.00000145. The zero-order valence-electron chi connectivity index (χ0n) is 19.2. The summed E-state index contributed by atoms with van der Waals surface area (Å²) in [5.41, 5.74) is 4.56. The van der Waals surface area contributed by atoms with Crippen molar-refractivity contribution in [3.8, 4) is 0 Å². The lowest BCUT2D eigenvalue weighted by Gasteiger charge is -2.40. The van der Waals surface area contributed by atoms with E-state index in [1.165, 1.54) is 16.7 Å². The van der Waals surface area contributed by atoms with Crippen LogP contribution >= 0.6 is 0 Å². The van der Waals surface area contributed by atoms with Gasteiger partial charge in [-0.3, -0.25) is 0 Å². The Morgan fingerprint density at radius 2 is 1.07 bits per heavy atom. The lowest BCUT2D eigenvalue weighted by molar-refractivity contribution is 0.234. The van der Waals surface area contributed by atoms with Gasteiger partial charge < -0.3 is 0 Å². The Morgan fingerprint density at radius 3 is 1.59 bits per heavy atom. The molecule has 0 amide bonds. The van der Waals surface area contributed by atoms with Crippen molar-refractivity contribution in [1.29, 1.82) is 0 Å². The minimum absolute atomic E-state index is 0.121. The van der Waals surface area contributed by atoms with Gasteiger partial charge >= 0.3 is 0 Å². The quantitative estimate of drug-likeness (QED) is 0.382. The van der Waals surface area contributed by atoms with Crippen LogP contribution < -0.4 is 0 Å². The van der Waals surface area contributed by atoms with Crippen LogP contribution in [0.3, 0.4) is 0 Å². The second kappa shape index (κ2) is 10.4. The summed E-state index contributed by atoms with van der Waals surface area (Å²) in [7, 11) is 0. The van der Waals surface area contributed by atoms with Gasteiger partial charge in [-0.2, -0.15) is 0 Å². The molecule has 0 N–H and O–H groups in total. The van der Waals surface area contributed by atoms with E-state index < -0.39 is 0 Å². The lowest BCUT2D eigenvalue weighted by atomic mass is 9.64. The summed E-state index contributed by atoms with van der Waals surface area (Å²) in [5, 5.41) is 0. The Labute approximate surface area is 179 Å². The Kier molecular flexibility index (Phi) is 8.26. The second-order valence-electron chi connectivity index (χ2n) is 9.07. The van der Waals surface area contributed by atoms with E-state index >= 15 is 0 Å². The van der Waals surface area contributed by atoms with Crippen molar-refractivity contribution >= 4 is 0 Å². The average molecular weight is 387 g/mol. The standard InChI is InChI=1S/C27H32.C2H6/c1-26(2,24-18-12-7-13-19-24)21-25(23-16-10-6-11-17-23)27(3,4)20-22-14-8-5-9-15-22;1-2/h5-19,25H,20-21H2,1-4H3;1-2H3. The van der Waals surface area contributed by atoms with Crippen molar-refractivity contribution in [3.63, 3.8) is 0 Å². The van der Waals surface area contributed by atoms with E-state index in [9.17, 15) is 0 Å². The van der Waals surface area contributed by atoms with Gasteiger partial charge in [0.05, 0.1) is 0 Å². The number of benzene rings is 3. The van der Waals surface area contributed by atoms with Crippen molar-refractivity contribution in [1.82, 2.24) is 0 Å². The van der Waals surface area contributed by atoms with Crippen molar-refractivity contribution in [2.24, 2.45) is 5.41 Å². The van der Waals surface area contributed by atoms with Crippen LogP contribution in [0.15, 0.2) is 91.0 Å². The molecule has 0 saturated carbocycles. The molecule has 0 nitrogen and oxygen atoms in total. The molecule has 3 rings (SSSR count). The fraction of sp³-hybridized carbons (Fsp3) is 0.379. The van der Waals surface area contributed by atoms with E-state index in [0.717, 1.165) is 12.8 Å². The highest BCUT2D eigenvalue weighted by Crippen LogP contribution is 2.46.